The van der Waals surface area contributed by atoms with Crippen LogP contribution in [0.5, 0.6) is 0 Å². The minimum atomic E-state index is -1.31. The van der Waals surface area contributed by atoms with Crippen LogP contribution >= 0.6 is 0 Å². The third-order valence-corrected chi connectivity index (χ3v) is 2.68. The Balaban J connectivity index is 2.62. The quantitative estimate of drug-likeness (QED) is 0.643. The topological polar surface area (TPSA) is 126 Å². The van der Waals surface area contributed by atoms with Gasteiger partial charge in [0.1, 0.15) is 5.69 Å². The molecule has 2 aromatic rings. The van der Waals surface area contributed by atoms with Gasteiger partial charge >= 0.3 is 11.7 Å². The highest BCUT2D eigenvalue weighted by molar-refractivity contribution is 5.86. The minimum absolute atomic E-state index is 0.0641. The van der Waals surface area contributed by atoms with Gasteiger partial charge < -0.3 is 5.11 Å². The average molecular weight is 275 g/mol. The predicted molar refractivity (Wildman–Crippen MR) is 68.6 cm³/mol. The summed E-state index contributed by atoms with van der Waals surface area (Å²) in [6.07, 6.45) is 0. The monoisotopic (exact) mass is 275 g/mol. The number of carbonyl (C=O) groups is 1. The molecule has 2 rings (SSSR count). The summed E-state index contributed by atoms with van der Waals surface area (Å²) >= 11 is 0. The SMILES string of the molecule is Cc1ccc(-c2cc(C(=O)O)[nH]c(=O)n2)cc1[N+](=O)[O-]. The van der Waals surface area contributed by atoms with Gasteiger partial charge in [-0.2, -0.15) is 4.98 Å². The van der Waals surface area contributed by atoms with Crippen LogP contribution in [-0.4, -0.2) is 26.0 Å². The average Bonchev–Trinajstić information content (AvgIpc) is 2.38. The van der Waals surface area contributed by atoms with Crippen LogP contribution in [0.15, 0.2) is 29.1 Å². The molecular formula is C12H9N3O5. The zero-order valence-corrected chi connectivity index (χ0v) is 10.3. The van der Waals surface area contributed by atoms with Crippen molar-refractivity contribution in [3.63, 3.8) is 0 Å². The van der Waals surface area contributed by atoms with E-state index in [1.807, 2.05) is 0 Å². The Kier molecular flexibility index (Phi) is 3.30. The summed E-state index contributed by atoms with van der Waals surface area (Å²) in [7, 11) is 0. The van der Waals surface area contributed by atoms with Crippen LogP contribution in [0.3, 0.4) is 0 Å². The second-order valence-corrected chi connectivity index (χ2v) is 4.05. The molecule has 0 aliphatic heterocycles. The van der Waals surface area contributed by atoms with Gasteiger partial charge in [-0.25, -0.2) is 9.59 Å². The minimum Gasteiger partial charge on any atom is -0.477 e. The van der Waals surface area contributed by atoms with Gasteiger partial charge in [0.05, 0.1) is 10.6 Å². The van der Waals surface area contributed by atoms with E-state index in [-0.39, 0.29) is 17.1 Å². The first-order chi connectivity index (χ1) is 9.38. The van der Waals surface area contributed by atoms with E-state index >= 15 is 0 Å². The molecule has 1 heterocycles. The van der Waals surface area contributed by atoms with Gasteiger partial charge in [-0.15, -0.1) is 0 Å². The number of rotatable bonds is 3. The Labute approximate surface area is 111 Å². The van der Waals surface area contributed by atoms with E-state index in [0.29, 0.717) is 11.1 Å². The molecule has 0 aliphatic rings. The summed E-state index contributed by atoms with van der Waals surface area (Å²) in [5.74, 6) is -1.31. The molecule has 0 radical (unpaired) electrons. The van der Waals surface area contributed by atoms with Crippen molar-refractivity contribution in [2.45, 2.75) is 6.92 Å². The summed E-state index contributed by atoms with van der Waals surface area (Å²) in [4.78, 5) is 38.2. The van der Waals surface area contributed by atoms with Crippen LogP contribution in [0.2, 0.25) is 0 Å². The van der Waals surface area contributed by atoms with Gasteiger partial charge in [-0.1, -0.05) is 12.1 Å². The van der Waals surface area contributed by atoms with Crippen molar-refractivity contribution >= 4 is 11.7 Å². The Morgan fingerprint density at radius 1 is 1.40 bits per heavy atom. The van der Waals surface area contributed by atoms with Crippen LogP contribution in [0, 0.1) is 17.0 Å². The zero-order chi connectivity index (χ0) is 14.9. The number of nitrogens with zero attached hydrogens (tertiary/aromatic N) is 2. The Hall–Kier alpha value is -3.03. The molecule has 0 saturated carbocycles. The van der Waals surface area contributed by atoms with Crippen molar-refractivity contribution in [1.82, 2.24) is 9.97 Å². The smallest absolute Gasteiger partial charge is 0.352 e. The van der Waals surface area contributed by atoms with Gasteiger partial charge in [0, 0.05) is 17.2 Å². The molecule has 0 unspecified atom stereocenters. The van der Waals surface area contributed by atoms with Crippen LogP contribution in [0.4, 0.5) is 5.69 Å². The largest absolute Gasteiger partial charge is 0.477 e. The Morgan fingerprint density at radius 3 is 2.70 bits per heavy atom. The molecule has 8 heteroatoms. The first-order valence-electron chi connectivity index (χ1n) is 5.48. The van der Waals surface area contributed by atoms with E-state index in [1.54, 1.807) is 6.92 Å². The highest BCUT2D eigenvalue weighted by Crippen LogP contribution is 2.25. The number of benzene rings is 1. The molecule has 0 amide bonds. The molecule has 8 nitrogen and oxygen atoms in total. The van der Waals surface area contributed by atoms with E-state index < -0.39 is 16.6 Å². The fourth-order valence-corrected chi connectivity index (χ4v) is 1.69. The van der Waals surface area contributed by atoms with Crippen LogP contribution in [0.25, 0.3) is 11.3 Å². The maximum atomic E-state index is 11.3. The molecule has 0 atom stereocenters. The van der Waals surface area contributed by atoms with Crippen molar-refractivity contribution in [2.75, 3.05) is 0 Å². The molecule has 102 valence electrons. The summed E-state index contributed by atoms with van der Waals surface area (Å²) in [5.41, 5.74) is -0.458. The highest BCUT2D eigenvalue weighted by Gasteiger charge is 2.14. The standard InChI is InChI=1S/C12H9N3O5/c1-6-2-3-7(4-10(6)15(19)20)8-5-9(11(16)17)14-12(18)13-8/h2-5H,1H3,(H,16,17)(H,13,14,18). The molecular weight excluding hydrogens is 266 g/mol. The number of carboxylic acid groups (broad SMARTS) is 1. The van der Waals surface area contributed by atoms with Crippen LogP contribution < -0.4 is 5.69 Å². The zero-order valence-electron chi connectivity index (χ0n) is 10.3. The molecule has 0 spiro atoms. The van der Waals surface area contributed by atoms with Crippen LogP contribution in [0.1, 0.15) is 16.1 Å². The number of nitrogens with one attached hydrogen (secondary N) is 1. The molecule has 1 aromatic carbocycles. The lowest BCUT2D eigenvalue weighted by atomic mass is 10.1. The Morgan fingerprint density at radius 2 is 2.10 bits per heavy atom. The molecule has 20 heavy (non-hydrogen) atoms. The molecule has 0 fully saturated rings. The number of aromatic carboxylic acids is 1. The third kappa shape index (κ3) is 2.53. The number of carboxylic acids is 1. The van der Waals surface area contributed by atoms with Crippen LogP contribution in [-0.2, 0) is 0 Å². The molecule has 2 N–H and O–H groups in total. The number of hydrogen-bond donors (Lipinski definition) is 2. The highest BCUT2D eigenvalue weighted by atomic mass is 16.6. The van der Waals surface area contributed by atoms with Gasteiger partial charge in [-0.05, 0) is 13.0 Å². The van der Waals surface area contributed by atoms with Gasteiger partial charge in [-0.3, -0.25) is 15.1 Å². The molecule has 1 aromatic heterocycles. The number of aromatic amines is 1. The third-order valence-electron chi connectivity index (χ3n) is 2.68. The summed E-state index contributed by atoms with van der Waals surface area (Å²) < 4.78 is 0. The fraction of sp³-hybridized carbons (Fsp3) is 0.0833. The van der Waals surface area contributed by atoms with Crippen molar-refractivity contribution in [3.05, 3.63) is 56.1 Å². The molecule has 0 aliphatic carbocycles. The molecule has 0 saturated heterocycles. The first-order valence-corrected chi connectivity index (χ1v) is 5.48. The number of hydrogen-bond acceptors (Lipinski definition) is 5. The Bertz CT molecular complexity index is 766. The lowest BCUT2D eigenvalue weighted by Crippen LogP contribution is -2.16. The number of H-pyrrole nitrogens is 1. The van der Waals surface area contributed by atoms with Gasteiger partial charge in [0.15, 0.2) is 0 Å². The van der Waals surface area contributed by atoms with E-state index in [0.717, 1.165) is 6.07 Å². The van der Waals surface area contributed by atoms with E-state index in [2.05, 4.69) is 9.97 Å². The number of aromatic nitrogens is 2. The molecule has 0 bridgehead atoms. The maximum absolute atomic E-state index is 11.3. The summed E-state index contributed by atoms with van der Waals surface area (Å²) in [6, 6.07) is 5.45. The van der Waals surface area contributed by atoms with Gasteiger partial charge in [0.25, 0.3) is 5.69 Å². The van der Waals surface area contributed by atoms with Crippen molar-refractivity contribution in [2.24, 2.45) is 0 Å². The second kappa shape index (κ2) is 4.92. The van der Waals surface area contributed by atoms with E-state index in [1.165, 1.54) is 18.2 Å². The second-order valence-electron chi connectivity index (χ2n) is 4.05. The van der Waals surface area contributed by atoms with Gasteiger partial charge in [0.2, 0.25) is 0 Å². The number of nitro benzene ring substituents is 1. The fourth-order valence-electron chi connectivity index (χ4n) is 1.69. The lowest BCUT2D eigenvalue weighted by molar-refractivity contribution is -0.385. The normalized spacial score (nSPS) is 10.2. The van der Waals surface area contributed by atoms with E-state index in [4.69, 9.17) is 5.11 Å². The lowest BCUT2D eigenvalue weighted by Gasteiger charge is -2.03. The predicted octanol–water partition coefficient (Wildman–Crippen LogP) is 1.35. The van der Waals surface area contributed by atoms with E-state index in [9.17, 15) is 19.7 Å². The number of nitro groups is 1. The first kappa shape index (κ1) is 13.4. The van der Waals surface area contributed by atoms with Crippen molar-refractivity contribution < 1.29 is 14.8 Å². The maximum Gasteiger partial charge on any atom is 0.352 e. The number of aryl methyl sites for hydroxylation is 1. The summed E-state index contributed by atoms with van der Waals surface area (Å²) in [5, 5.41) is 19.7. The summed E-state index contributed by atoms with van der Waals surface area (Å²) in [6.45, 7) is 1.58. The van der Waals surface area contributed by atoms with Crippen molar-refractivity contribution in [3.8, 4) is 11.3 Å². The van der Waals surface area contributed by atoms with Crippen molar-refractivity contribution in [1.29, 1.82) is 0 Å².